The molecule has 2 aromatic rings. The number of rotatable bonds is 2. The molecule has 3 rings (SSSR count). The fraction of sp³-hybridized carbons (Fsp3) is 0.250. The first-order valence-corrected chi connectivity index (χ1v) is 6.08. The van der Waals surface area contributed by atoms with E-state index in [4.69, 9.17) is 5.73 Å². The number of imidazole rings is 1. The molecule has 2 N–H and O–H groups in total. The molecule has 0 spiro atoms. The summed E-state index contributed by atoms with van der Waals surface area (Å²) in [4.78, 5) is 4.21. The van der Waals surface area contributed by atoms with E-state index in [1.807, 2.05) is 24.7 Å². The minimum atomic E-state index is 0.295. The Morgan fingerprint density at radius 3 is 2.62 bits per heavy atom. The summed E-state index contributed by atoms with van der Waals surface area (Å²) in [6, 6.07) is 8.99. The lowest BCUT2D eigenvalue weighted by Gasteiger charge is -2.06. The summed E-state index contributed by atoms with van der Waals surface area (Å²) in [5.74, 6) is 0. The van der Waals surface area contributed by atoms with Crippen LogP contribution in [0.4, 0.5) is 0 Å². The lowest BCUT2D eigenvalue weighted by atomic mass is 10.2. The van der Waals surface area contributed by atoms with E-state index in [-0.39, 0.29) is 0 Å². The van der Waals surface area contributed by atoms with Crippen LogP contribution < -0.4 is 5.73 Å². The highest BCUT2D eigenvalue weighted by Gasteiger charge is 2.36. The Kier molecular flexibility index (Phi) is 2.33. The maximum atomic E-state index is 5.87. The van der Waals surface area contributed by atoms with Gasteiger partial charge in [-0.2, -0.15) is 0 Å². The van der Waals surface area contributed by atoms with Gasteiger partial charge < -0.3 is 10.3 Å². The molecule has 1 aliphatic carbocycles. The van der Waals surface area contributed by atoms with Crippen molar-refractivity contribution in [3.05, 3.63) is 41.3 Å². The van der Waals surface area contributed by atoms with Crippen molar-refractivity contribution in [1.82, 2.24) is 9.55 Å². The van der Waals surface area contributed by atoms with Crippen LogP contribution >= 0.6 is 15.9 Å². The van der Waals surface area contributed by atoms with Crippen LogP contribution in [0.5, 0.6) is 0 Å². The van der Waals surface area contributed by atoms with Crippen LogP contribution in [0.15, 0.2) is 41.3 Å². The van der Waals surface area contributed by atoms with Gasteiger partial charge in [0.2, 0.25) is 0 Å². The lowest BCUT2D eigenvalue weighted by molar-refractivity contribution is 0.718. The van der Waals surface area contributed by atoms with Gasteiger partial charge in [-0.1, -0.05) is 28.1 Å². The second-order valence-corrected chi connectivity index (χ2v) is 5.08. The van der Waals surface area contributed by atoms with Crippen molar-refractivity contribution in [3.8, 4) is 11.3 Å². The van der Waals surface area contributed by atoms with Gasteiger partial charge in [0.25, 0.3) is 0 Å². The predicted octanol–water partition coefficient (Wildman–Crippen LogP) is 2.58. The number of nitrogens with zero attached hydrogens (tertiary/aromatic N) is 2. The second-order valence-electron chi connectivity index (χ2n) is 4.16. The molecule has 0 radical (unpaired) electrons. The zero-order valence-corrected chi connectivity index (χ0v) is 10.3. The number of hydrogen-bond acceptors (Lipinski definition) is 2. The first kappa shape index (κ1) is 10.1. The highest BCUT2D eigenvalue weighted by atomic mass is 79.9. The van der Waals surface area contributed by atoms with Gasteiger partial charge in [0.15, 0.2) is 0 Å². The smallest absolute Gasteiger partial charge is 0.0954 e. The molecule has 1 fully saturated rings. The molecule has 0 aliphatic heterocycles. The van der Waals surface area contributed by atoms with E-state index in [0.29, 0.717) is 12.1 Å². The first-order chi connectivity index (χ1) is 7.75. The van der Waals surface area contributed by atoms with Crippen LogP contribution in [0.1, 0.15) is 12.5 Å². The van der Waals surface area contributed by atoms with Crippen LogP contribution in [0.2, 0.25) is 0 Å². The quantitative estimate of drug-likeness (QED) is 0.917. The standard InChI is InChI=1S/C12H12BrN3/c13-9-3-1-8(2-4-9)12-6-15-7-16(12)11-5-10(11)14/h1-4,6-7,10-11H,5,14H2. The van der Waals surface area contributed by atoms with Crippen LogP contribution in [0.3, 0.4) is 0 Å². The molecule has 0 bridgehead atoms. The van der Waals surface area contributed by atoms with E-state index in [9.17, 15) is 0 Å². The lowest BCUT2D eigenvalue weighted by Crippen LogP contribution is -2.06. The van der Waals surface area contributed by atoms with Crippen molar-refractivity contribution in [2.75, 3.05) is 0 Å². The maximum absolute atomic E-state index is 5.87. The highest BCUT2D eigenvalue weighted by Crippen LogP contribution is 2.37. The van der Waals surface area contributed by atoms with Crippen LogP contribution in [0.25, 0.3) is 11.3 Å². The van der Waals surface area contributed by atoms with E-state index < -0.39 is 0 Å². The zero-order valence-electron chi connectivity index (χ0n) is 8.68. The van der Waals surface area contributed by atoms with Gasteiger partial charge in [-0.05, 0) is 24.1 Å². The van der Waals surface area contributed by atoms with Gasteiger partial charge in [0.1, 0.15) is 0 Å². The Morgan fingerprint density at radius 1 is 1.31 bits per heavy atom. The SMILES string of the molecule is NC1CC1n1cncc1-c1ccc(Br)cc1. The number of hydrogen-bond donors (Lipinski definition) is 1. The van der Waals surface area contributed by atoms with Crippen LogP contribution in [-0.2, 0) is 0 Å². The maximum Gasteiger partial charge on any atom is 0.0954 e. The van der Waals surface area contributed by atoms with E-state index >= 15 is 0 Å². The molecule has 1 aromatic heterocycles. The molecule has 2 unspecified atom stereocenters. The molecule has 1 saturated carbocycles. The van der Waals surface area contributed by atoms with Crippen molar-refractivity contribution >= 4 is 15.9 Å². The van der Waals surface area contributed by atoms with Gasteiger partial charge >= 0.3 is 0 Å². The van der Waals surface area contributed by atoms with E-state index in [1.165, 1.54) is 5.56 Å². The minimum Gasteiger partial charge on any atom is -0.326 e. The first-order valence-electron chi connectivity index (χ1n) is 5.29. The summed E-state index contributed by atoms with van der Waals surface area (Å²) in [6.07, 6.45) is 4.82. The normalized spacial score (nSPS) is 23.4. The van der Waals surface area contributed by atoms with Crippen LogP contribution in [0, 0.1) is 0 Å². The molecule has 16 heavy (non-hydrogen) atoms. The molecule has 1 heterocycles. The van der Waals surface area contributed by atoms with Crippen molar-refractivity contribution in [2.45, 2.75) is 18.5 Å². The van der Waals surface area contributed by atoms with E-state index in [2.05, 4.69) is 37.6 Å². The van der Waals surface area contributed by atoms with Gasteiger partial charge in [-0.25, -0.2) is 4.98 Å². The summed E-state index contributed by atoms with van der Waals surface area (Å²) in [5.41, 5.74) is 8.20. The molecule has 0 amide bonds. The summed E-state index contributed by atoms with van der Waals surface area (Å²) in [6.45, 7) is 0. The predicted molar refractivity (Wildman–Crippen MR) is 67.0 cm³/mol. The molecular formula is C12H12BrN3. The Labute approximate surface area is 102 Å². The average molecular weight is 278 g/mol. The van der Waals surface area contributed by atoms with Crippen molar-refractivity contribution in [2.24, 2.45) is 5.73 Å². The number of nitrogens with two attached hydrogens (primary N) is 1. The Balaban J connectivity index is 2.00. The van der Waals surface area contributed by atoms with Gasteiger partial charge in [-0.15, -0.1) is 0 Å². The Bertz CT molecular complexity index is 503. The topological polar surface area (TPSA) is 43.8 Å². The zero-order chi connectivity index (χ0) is 11.1. The molecule has 0 saturated heterocycles. The van der Waals surface area contributed by atoms with Crippen molar-refractivity contribution in [3.63, 3.8) is 0 Å². The highest BCUT2D eigenvalue weighted by molar-refractivity contribution is 9.10. The number of halogens is 1. The van der Waals surface area contributed by atoms with Crippen molar-refractivity contribution in [1.29, 1.82) is 0 Å². The Hall–Kier alpha value is -1.13. The number of benzene rings is 1. The van der Waals surface area contributed by atoms with E-state index in [0.717, 1.165) is 16.6 Å². The van der Waals surface area contributed by atoms with Crippen molar-refractivity contribution < 1.29 is 0 Å². The summed E-state index contributed by atoms with van der Waals surface area (Å²) < 4.78 is 3.26. The molecule has 1 aromatic carbocycles. The third kappa shape index (κ3) is 1.68. The summed E-state index contributed by atoms with van der Waals surface area (Å²) >= 11 is 3.44. The van der Waals surface area contributed by atoms with E-state index in [1.54, 1.807) is 0 Å². The summed E-state index contributed by atoms with van der Waals surface area (Å²) in [7, 11) is 0. The minimum absolute atomic E-state index is 0.295. The third-order valence-corrected chi connectivity index (χ3v) is 3.50. The second kappa shape index (κ2) is 3.71. The fourth-order valence-corrected chi connectivity index (χ4v) is 2.20. The molecular weight excluding hydrogens is 266 g/mol. The monoisotopic (exact) mass is 277 g/mol. The number of aromatic nitrogens is 2. The van der Waals surface area contributed by atoms with Crippen LogP contribution in [-0.4, -0.2) is 15.6 Å². The molecule has 4 heteroatoms. The molecule has 2 atom stereocenters. The van der Waals surface area contributed by atoms with Gasteiger partial charge in [-0.3, -0.25) is 0 Å². The molecule has 82 valence electrons. The average Bonchev–Trinajstić information content (AvgIpc) is 2.82. The third-order valence-electron chi connectivity index (χ3n) is 2.97. The van der Waals surface area contributed by atoms with Gasteiger partial charge in [0, 0.05) is 10.5 Å². The molecule has 3 nitrogen and oxygen atoms in total. The Morgan fingerprint density at radius 2 is 2.00 bits per heavy atom. The largest absolute Gasteiger partial charge is 0.326 e. The fourth-order valence-electron chi connectivity index (χ4n) is 1.93. The summed E-state index contributed by atoms with van der Waals surface area (Å²) in [5, 5.41) is 0. The van der Waals surface area contributed by atoms with Gasteiger partial charge in [0.05, 0.1) is 24.3 Å². The molecule has 1 aliphatic rings.